The number of hydrogen-bond donors (Lipinski definition) is 1. The average Bonchev–Trinajstić information content (AvgIpc) is 3.16. The van der Waals surface area contributed by atoms with Crippen LogP contribution in [0.3, 0.4) is 0 Å². The Morgan fingerprint density at radius 3 is 2.53 bits per heavy atom. The molecule has 1 atom stereocenters. The molecule has 1 amide bonds. The predicted octanol–water partition coefficient (Wildman–Crippen LogP) is 3.71. The van der Waals surface area contributed by atoms with Crippen LogP contribution < -0.4 is 18.9 Å². The van der Waals surface area contributed by atoms with Crippen LogP contribution in [0.1, 0.15) is 36.9 Å². The first kappa shape index (κ1) is 25.4. The van der Waals surface area contributed by atoms with E-state index in [-0.39, 0.29) is 24.5 Å². The number of benzene rings is 2. The largest absolute Gasteiger partial charge is 0.507 e. The quantitative estimate of drug-likeness (QED) is 0.229. The zero-order chi connectivity index (χ0) is 25.7. The second-order valence-corrected chi connectivity index (χ2v) is 8.46. The zero-order valence-electron chi connectivity index (χ0n) is 20.7. The average molecular weight is 498 g/mol. The lowest BCUT2D eigenvalue weighted by atomic mass is 9.94. The van der Waals surface area contributed by atoms with Gasteiger partial charge in [-0.05, 0) is 42.3 Å². The molecule has 1 saturated heterocycles. The van der Waals surface area contributed by atoms with Crippen LogP contribution in [0.5, 0.6) is 23.0 Å². The van der Waals surface area contributed by atoms with Crippen molar-refractivity contribution < 1.29 is 38.4 Å². The van der Waals surface area contributed by atoms with Gasteiger partial charge in [0.05, 0.1) is 31.9 Å². The smallest absolute Gasteiger partial charge is 0.295 e. The molecule has 1 N–H and O–H groups in total. The molecular formula is C27H31NO8. The Morgan fingerprint density at radius 2 is 1.81 bits per heavy atom. The van der Waals surface area contributed by atoms with Crippen molar-refractivity contribution in [2.45, 2.75) is 25.8 Å². The number of ether oxygens (including phenoxy) is 5. The molecule has 9 heteroatoms. The lowest BCUT2D eigenvalue weighted by molar-refractivity contribution is -0.140. The van der Waals surface area contributed by atoms with Crippen molar-refractivity contribution in [2.24, 2.45) is 0 Å². The molecule has 1 unspecified atom stereocenters. The van der Waals surface area contributed by atoms with Gasteiger partial charge >= 0.3 is 0 Å². The number of rotatable bonds is 10. The second kappa shape index (κ2) is 11.3. The van der Waals surface area contributed by atoms with Crippen LogP contribution in [0, 0.1) is 0 Å². The van der Waals surface area contributed by atoms with Gasteiger partial charge in [0.2, 0.25) is 0 Å². The summed E-state index contributed by atoms with van der Waals surface area (Å²) in [7, 11) is 3.05. The molecular weight excluding hydrogens is 466 g/mol. The van der Waals surface area contributed by atoms with E-state index in [1.54, 1.807) is 36.4 Å². The van der Waals surface area contributed by atoms with Crippen molar-refractivity contribution in [3.05, 3.63) is 53.1 Å². The number of aliphatic hydroxyl groups excluding tert-OH is 1. The summed E-state index contributed by atoms with van der Waals surface area (Å²) in [6, 6.07) is 9.33. The highest BCUT2D eigenvalue weighted by molar-refractivity contribution is 6.46. The van der Waals surface area contributed by atoms with Gasteiger partial charge in [0.1, 0.15) is 19.0 Å². The van der Waals surface area contributed by atoms with Gasteiger partial charge in [-0.2, -0.15) is 0 Å². The minimum absolute atomic E-state index is 0.0190. The number of unbranched alkanes of at least 4 members (excludes halogenated alkanes) is 1. The SMILES string of the molecule is CCCCOc1ccc(C2/C(=C(\O)c3ccc4c(c3)OCCO4)C(=O)C(=O)N2CCOC)cc1OC. The first-order valence-corrected chi connectivity index (χ1v) is 12.0. The standard InChI is InChI=1S/C27H31NO8/c1-4-5-11-34-19-8-6-17(15-21(19)33-3)24-23(26(30)27(31)28(24)10-12-32-2)25(29)18-7-9-20-22(16-18)36-14-13-35-20/h6-9,15-16,24,29H,4-5,10-14H2,1-3H3/b25-23+. The summed E-state index contributed by atoms with van der Waals surface area (Å²) < 4.78 is 27.7. The van der Waals surface area contributed by atoms with Crippen LogP contribution in [0.4, 0.5) is 0 Å². The van der Waals surface area contributed by atoms with E-state index in [0.717, 1.165) is 12.8 Å². The van der Waals surface area contributed by atoms with Gasteiger partial charge in [0.25, 0.3) is 11.7 Å². The summed E-state index contributed by atoms with van der Waals surface area (Å²) in [6.07, 6.45) is 1.89. The maximum atomic E-state index is 13.2. The van der Waals surface area contributed by atoms with E-state index in [9.17, 15) is 14.7 Å². The number of carbonyl (C=O) groups is 2. The monoisotopic (exact) mass is 497 g/mol. The summed E-state index contributed by atoms with van der Waals surface area (Å²) in [4.78, 5) is 27.6. The minimum Gasteiger partial charge on any atom is -0.507 e. The Bertz CT molecular complexity index is 1160. The van der Waals surface area contributed by atoms with Gasteiger partial charge in [-0.15, -0.1) is 0 Å². The number of hydrogen-bond acceptors (Lipinski definition) is 8. The second-order valence-electron chi connectivity index (χ2n) is 8.46. The molecule has 2 heterocycles. The number of likely N-dealkylation sites (tertiary alicyclic amines) is 1. The van der Waals surface area contributed by atoms with Gasteiger partial charge < -0.3 is 33.7 Å². The molecule has 1 fully saturated rings. The molecule has 2 aromatic carbocycles. The maximum absolute atomic E-state index is 13.2. The third kappa shape index (κ3) is 4.97. The van der Waals surface area contributed by atoms with Gasteiger partial charge in [0, 0.05) is 19.2 Å². The summed E-state index contributed by atoms with van der Waals surface area (Å²) in [5.74, 6) is 0.279. The van der Waals surface area contributed by atoms with Crippen LogP contribution in [-0.4, -0.2) is 68.9 Å². The number of Topliss-reactive ketones (excluding diaryl/α,β-unsaturated/α-hetero) is 1. The first-order chi connectivity index (χ1) is 17.5. The van der Waals surface area contributed by atoms with Crippen molar-refractivity contribution in [3.8, 4) is 23.0 Å². The van der Waals surface area contributed by atoms with Crippen molar-refractivity contribution in [3.63, 3.8) is 0 Å². The Labute approximate surface area is 210 Å². The molecule has 192 valence electrons. The molecule has 4 rings (SSSR count). The van der Waals surface area contributed by atoms with E-state index < -0.39 is 17.7 Å². The van der Waals surface area contributed by atoms with Crippen LogP contribution in [0.2, 0.25) is 0 Å². The van der Waals surface area contributed by atoms with Crippen molar-refractivity contribution in [2.75, 3.05) is 47.2 Å². The molecule has 2 aliphatic rings. The topological polar surface area (TPSA) is 104 Å². The summed E-state index contributed by atoms with van der Waals surface area (Å²) in [5, 5.41) is 11.3. The normalized spacial score (nSPS) is 18.4. The Hall–Kier alpha value is -3.72. The lowest BCUT2D eigenvalue weighted by Gasteiger charge is -2.26. The fourth-order valence-corrected chi connectivity index (χ4v) is 4.29. The van der Waals surface area contributed by atoms with Crippen molar-refractivity contribution >= 4 is 17.4 Å². The fourth-order valence-electron chi connectivity index (χ4n) is 4.29. The Balaban J connectivity index is 1.79. The van der Waals surface area contributed by atoms with E-state index in [1.165, 1.54) is 19.1 Å². The molecule has 0 bridgehead atoms. The number of nitrogens with zero attached hydrogens (tertiary/aromatic N) is 1. The summed E-state index contributed by atoms with van der Waals surface area (Å²) >= 11 is 0. The number of fused-ring (bicyclic) bond motifs is 1. The van der Waals surface area contributed by atoms with Gasteiger partial charge in [-0.3, -0.25) is 9.59 Å². The number of carbonyl (C=O) groups excluding carboxylic acids is 2. The fraction of sp³-hybridized carbons (Fsp3) is 0.407. The third-order valence-electron chi connectivity index (χ3n) is 6.15. The Kier molecular flexibility index (Phi) is 8.00. The lowest BCUT2D eigenvalue weighted by Crippen LogP contribution is -2.32. The van der Waals surface area contributed by atoms with Gasteiger partial charge in [-0.25, -0.2) is 0 Å². The number of aliphatic hydroxyl groups is 1. The van der Waals surface area contributed by atoms with Crippen LogP contribution in [0.15, 0.2) is 42.0 Å². The molecule has 0 saturated carbocycles. The number of amides is 1. The van der Waals surface area contributed by atoms with E-state index in [4.69, 9.17) is 23.7 Å². The first-order valence-electron chi connectivity index (χ1n) is 12.0. The van der Waals surface area contributed by atoms with Crippen LogP contribution in [-0.2, 0) is 14.3 Å². The minimum atomic E-state index is -0.841. The maximum Gasteiger partial charge on any atom is 0.295 e. The third-order valence-corrected chi connectivity index (χ3v) is 6.15. The van der Waals surface area contributed by atoms with Crippen molar-refractivity contribution in [1.29, 1.82) is 0 Å². The Morgan fingerprint density at radius 1 is 1.03 bits per heavy atom. The van der Waals surface area contributed by atoms with E-state index in [0.29, 0.717) is 53.9 Å². The molecule has 9 nitrogen and oxygen atoms in total. The zero-order valence-corrected chi connectivity index (χ0v) is 20.7. The highest BCUT2D eigenvalue weighted by atomic mass is 16.6. The highest BCUT2D eigenvalue weighted by Gasteiger charge is 2.46. The van der Waals surface area contributed by atoms with E-state index in [1.807, 2.05) is 0 Å². The number of methoxy groups -OCH3 is 2. The molecule has 0 aromatic heterocycles. The summed E-state index contributed by atoms with van der Waals surface area (Å²) in [6.45, 7) is 3.83. The molecule has 36 heavy (non-hydrogen) atoms. The molecule has 2 aromatic rings. The van der Waals surface area contributed by atoms with Gasteiger partial charge in [0.15, 0.2) is 23.0 Å². The van der Waals surface area contributed by atoms with Gasteiger partial charge in [-0.1, -0.05) is 19.4 Å². The highest BCUT2D eigenvalue weighted by Crippen LogP contribution is 2.43. The molecule has 0 aliphatic carbocycles. The number of ketones is 1. The van der Waals surface area contributed by atoms with E-state index in [2.05, 4.69) is 6.92 Å². The molecule has 2 aliphatic heterocycles. The summed E-state index contributed by atoms with van der Waals surface area (Å²) in [5.41, 5.74) is 0.930. The predicted molar refractivity (Wildman–Crippen MR) is 132 cm³/mol. The van der Waals surface area contributed by atoms with E-state index >= 15 is 0 Å². The molecule has 0 radical (unpaired) electrons. The van der Waals surface area contributed by atoms with Crippen LogP contribution >= 0.6 is 0 Å². The van der Waals surface area contributed by atoms with Crippen LogP contribution in [0.25, 0.3) is 5.76 Å². The molecule has 0 spiro atoms. The van der Waals surface area contributed by atoms with Crippen molar-refractivity contribution in [1.82, 2.24) is 4.90 Å².